The van der Waals surface area contributed by atoms with Crippen molar-refractivity contribution in [2.75, 3.05) is 32.6 Å². The third-order valence-electron chi connectivity index (χ3n) is 5.56. The molecular weight excluding hydrogens is 389 g/mol. The van der Waals surface area contributed by atoms with Crippen molar-refractivity contribution in [3.63, 3.8) is 0 Å². The Morgan fingerprint density at radius 1 is 1.39 bits per heavy atom. The summed E-state index contributed by atoms with van der Waals surface area (Å²) in [6.07, 6.45) is 0.511. The molecule has 1 amide bonds. The van der Waals surface area contributed by atoms with Crippen LogP contribution in [0.2, 0.25) is 0 Å². The molecule has 2 saturated heterocycles. The van der Waals surface area contributed by atoms with Gasteiger partial charge in [0.2, 0.25) is 11.8 Å². The molecule has 2 aromatic rings. The molecule has 0 bridgehead atoms. The average Bonchev–Trinajstić information content (AvgIpc) is 3.17. The summed E-state index contributed by atoms with van der Waals surface area (Å²) in [5.41, 5.74) is 0.434. The average molecular weight is 409 g/mol. The van der Waals surface area contributed by atoms with E-state index in [2.05, 4.69) is 10.1 Å². The lowest BCUT2D eigenvalue weighted by molar-refractivity contribution is -0.140. The highest BCUT2D eigenvalue weighted by Gasteiger charge is 2.64. The molecule has 1 aromatic heterocycles. The van der Waals surface area contributed by atoms with E-state index in [4.69, 9.17) is 9.26 Å². The smallest absolute Gasteiger partial charge is 0.248 e. The number of hydrogen-bond donors (Lipinski definition) is 0. The number of likely N-dealkylation sites (tertiary alicyclic amines) is 1. The number of ether oxygens (including phenoxy) is 1. The maximum atomic E-state index is 13.8. The highest BCUT2D eigenvalue weighted by atomic mass is 32.2. The van der Waals surface area contributed by atoms with Crippen molar-refractivity contribution in [2.24, 2.45) is 0 Å². The standard InChI is InChI=1S/C18H20FN3O5S/c1-26-9-16(23)22-10-18(11-22)13(6-7-28(18,24)25)17-20-15(21-27-17)8-12-4-2-3-5-14(12)19/h2-5,13H,6-11H2,1H3. The van der Waals surface area contributed by atoms with Gasteiger partial charge in [0, 0.05) is 26.6 Å². The lowest BCUT2D eigenvalue weighted by Gasteiger charge is -2.48. The molecule has 4 rings (SSSR count). The fraction of sp³-hybridized carbons (Fsp3) is 0.500. The molecule has 3 heterocycles. The van der Waals surface area contributed by atoms with Gasteiger partial charge in [-0.05, 0) is 18.1 Å². The van der Waals surface area contributed by atoms with Gasteiger partial charge < -0.3 is 14.2 Å². The molecule has 0 aliphatic carbocycles. The Labute approximate surface area is 161 Å². The molecule has 1 aromatic carbocycles. The van der Waals surface area contributed by atoms with Gasteiger partial charge in [-0.15, -0.1) is 0 Å². The van der Waals surface area contributed by atoms with Gasteiger partial charge in [0.1, 0.15) is 17.2 Å². The van der Waals surface area contributed by atoms with Crippen molar-refractivity contribution in [1.82, 2.24) is 15.0 Å². The van der Waals surface area contributed by atoms with Gasteiger partial charge in [-0.3, -0.25) is 4.79 Å². The van der Waals surface area contributed by atoms with Crippen LogP contribution in [0.25, 0.3) is 0 Å². The maximum absolute atomic E-state index is 13.8. The van der Waals surface area contributed by atoms with E-state index in [1.54, 1.807) is 18.2 Å². The predicted molar refractivity (Wildman–Crippen MR) is 95.8 cm³/mol. The summed E-state index contributed by atoms with van der Waals surface area (Å²) in [5, 5.41) is 3.90. The van der Waals surface area contributed by atoms with Gasteiger partial charge in [0.25, 0.3) is 0 Å². The first kappa shape index (κ1) is 19.0. The maximum Gasteiger partial charge on any atom is 0.248 e. The lowest BCUT2D eigenvalue weighted by Crippen LogP contribution is -2.68. The molecule has 2 aliphatic rings. The molecule has 1 spiro atoms. The third-order valence-corrected chi connectivity index (χ3v) is 8.11. The second-order valence-electron chi connectivity index (χ2n) is 7.22. The molecule has 1 atom stereocenters. The Hall–Kier alpha value is -2.33. The number of nitrogens with zero attached hydrogens (tertiary/aromatic N) is 3. The number of rotatable bonds is 5. The minimum atomic E-state index is -3.41. The highest BCUT2D eigenvalue weighted by molar-refractivity contribution is 7.93. The molecule has 8 nitrogen and oxygen atoms in total. The van der Waals surface area contributed by atoms with E-state index in [0.29, 0.717) is 17.8 Å². The van der Waals surface area contributed by atoms with Gasteiger partial charge >= 0.3 is 0 Å². The van der Waals surface area contributed by atoms with E-state index in [1.165, 1.54) is 18.1 Å². The van der Waals surface area contributed by atoms with Crippen LogP contribution >= 0.6 is 0 Å². The van der Waals surface area contributed by atoms with E-state index in [0.717, 1.165) is 0 Å². The molecule has 0 saturated carbocycles. The monoisotopic (exact) mass is 409 g/mol. The summed E-state index contributed by atoms with van der Waals surface area (Å²) in [7, 11) is -1.99. The summed E-state index contributed by atoms with van der Waals surface area (Å²) < 4.78 is 48.3. The SMILES string of the molecule is COCC(=O)N1CC2(C1)C(c1nc(Cc3ccccc3F)no1)CCS2(=O)=O. The summed E-state index contributed by atoms with van der Waals surface area (Å²) in [5.74, 6) is -0.558. The van der Waals surface area contributed by atoms with Crippen LogP contribution in [-0.2, 0) is 25.8 Å². The fourth-order valence-electron chi connectivity index (χ4n) is 4.01. The fourth-order valence-corrected chi connectivity index (χ4v) is 6.32. The van der Waals surface area contributed by atoms with Crippen LogP contribution in [-0.4, -0.2) is 66.7 Å². The van der Waals surface area contributed by atoms with Crippen LogP contribution in [0.15, 0.2) is 28.8 Å². The number of carbonyl (C=O) groups is 1. The molecule has 2 aliphatic heterocycles. The molecule has 1 unspecified atom stereocenters. The van der Waals surface area contributed by atoms with E-state index < -0.39 is 20.5 Å². The Kier molecular flexibility index (Phi) is 4.70. The number of sulfone groups is 1. The summed E-state index contributed by atoms with van der Waals surface area (Å²) in [4.78, 5) is 17.8. The Morgan fingerprint density at radius 3 is 2.86 bits per heavy atom. The quantitative estimate of drug-likeness (QED) is 0.724. The van der Waals surface area contributed by atoms with Crippen LogP contribution < -0.4 is 0 Å². The summed E-state index contributed by atoms with van der Waals surface area (Å²) >= 11 is 0. The zero-order valence-electron chi connectivity index (χ0n) is 15.3. The molecule has 0 radical (unpaired) electrons. The lowest BCUT2D eigenvalue weighted by atomic mass is 9.83. The minimum Gasteiger partial charge on any atom is -0.375 e. The van der Waals surface area contributed by atoms with Crippen molar-refractivity contribution < 1.29 is 26.9 Å². The summed E-state index contributed by atoms with van der Waals surface area (Å²) in [6.45, 7) is 0.0918. The molecule has 0 N–H and O–H groups in total. The summed E-state index contributed by atoms with van der Waals surface area (Å²) in [6, 6.07) is 6.31. The Morgan fingerprint density at radius 2 is 2.14 bits per heavy atom. The van der Waals surface area contributed by atoms with Gasteiger partial charge in [0.05, 0.1) is 11.7 Å². The molecule has 28 heavy (non-hydrogen) atoms. The van der Waals surface area contributed by atoms with E-state index in [1.807, 2.05) is 0 Å². The number of halogens is 1. The zero-order valence-corrected chi connectivity index (χ0v) is 16.1. The van der Waals surface area contributed by atoms with Gasteiger partial charge in [-0.25, -0.2) is 12.8 Å². The van der Waals surface area contributed by atoms with Gasteiger partial charge in [-0.1, -0.05) is 23.4 Å². The Bertz CT molecular complexity index is 1000. The van der Waals surface area contributed by atoms with E-state index >= 15 is 0 Å². The number of methoxy groups -OCH3 is 1. The molecule has 10 heteroatoms. The first-order valence-electron chi connectivity index (χ1n) is 8.91. The minimum absolute atomic E-state index is 0.00893. The van der Waals surface area contributed by atoms with Crippen molar-refractivity contribution in [3.05, 3.63) is 47.4 Å². The molecular formula is C18H20FN3O5S. The van der Waals surface area contributed by atoms with E-state index in [-0.39, 0.29) is 49.5 Å². The van der Waals surface area contributed by atoms with Crippen molar-refractivity contribution in [1.29, 1.82) is 0 Å². The van der Waals surface area contributed by atoms with Crippen LogP contribution in [0.1, 0.15) is 29.6 Å². The number of hydrogen-bond acceptors (Lipinski definition) is 7. The van der Waals surface area contributed by atoms with Crippen molar-refractivity contribution in [3.8, 4) is 0 Å². The first-order chi connectivity index (χ1) is 13.4. The highest BCUT2D eigenvalue weighted by Crippen LogP contribution is 2.49. The second kappa shape index (κ2) is 6.93. The van der Waals surface area contributed by atoms with Gasteiger partial charge in [-0.2, -0.15) is 4.98 Å². The number of aromatic nitrogens is 2. The van der Waals surface area contributed by atoms with Crippen molar-refractivity contribution >= 4 is 15.7 Å². The van der Waals surface area contributed by atoms with Crippen LogP contribution in [0, 0.1) is 5.82 Å². The predicted octanol–water partition coefficient (Wildman–Crippen LogP) is 0.929. The molecule has 150 valence electrons. The Balaban J connectivity index is 1.55. The number of benzene rings is 1. The van der Waals surface area contributed by atoms with Crippen LogP contribution in [0.4, 0.5) is 4.39 Å². The topological polar surface area (TPSA) is 103 Å². The third kappa shape index (κ3) is 3.00. The second-order valence-corrected chi connectivity index (χ2v) is 9.68. The van der Waals surface area contributed by atoms with Crippen LogP contribution in [0.5, 0.6) is 0 Å². The van der Waals surface area contributed by atoms with Crippen LogP contribution in [0.3, 0.4) is 0 Å². The zero-order chi connectivity index (χ0) is 19.9. The number of carbonyl (C=O) groups excluding carboxylic acids is 1. The normalized spacial score (nSPS) is 22.4. The van der Waals surface area contributed by atoms with Crippen molar-refractivity contribution in [2.45, 2.75) is 23.5 Å². The largest absolute Gasteiger partial charge is 0.375 e. The molecule has 2 fully saturated rings. The number of amides is 1. The van der Waals surface area contributed by atoms with Gasteiger partial charge in [0.15, 0.2) is 15.7 Å². The first-order valence-corrected chi connectivity index (χ1v) is 10.6. The van der Waals surface area contributed by atoms with E-state index in [9.17, 15) is 17.6 Å².